The third-order valence-electron chi connectivity index (χ3n) is 6.28. The van der Waals surface area contributed by atoms with Crippen molar-refractivity contribution in [3.8, 4) is 0 Å². The summed E-state index contributed by atoms with van der Waals surface area (Å²) in [6.07, 6.45) is 2.85. The lowest BCUT2D eigenvalue weighted by molar-refractivity contribution is -0.147. The molecule has 9 nitrogen and oxygen atoms in total. The molecule has 4 rings (SSSR count). The molecule has 0 aromatic carbocycles. The largest absolute Gasteiger partial charge is 0.354 e. The molecule has 3 N–H and O–H groups in total. The smallest absolute Gasteiger partial charge is 0.264 e. The van der Waals surface area contributed by atoms with Crippen LogP contribution in [0.2, 0.25) is 0 Å². The first kappa shape index (κ1) is 21.8. The number of amides is 4. The Morgan fingerprint density at radius 1 is 1.10 bits per heavy atom. The van der Waals surface area contributed by atoms with Crippen LogP contribution in [0.1, 0.15) is 35.4 Å². The van der Waals surface area contributed by atoms with Crippen LogP contribution in [0.4, 0.5) is 0 Å². The van der Waals surface area contributed by atoms with E-state index in [1.54, 1.807) is 15.9 Å². The van der Waals surface area contributed by atoms with Crippen molar-refractivity contribution in [1.29, 1.82) is 0 Å². The van der Waals surface area contributed by atoms with Crippen LogP contribution in [-0.4, -0.2) is 84.8 Å². The fourth-order valence-electron chi connectivity index (χ4n) is 4.49. The normalized spacial score (nSPS) is 25.1. The van der Waals surface area contributed by atoms with Crippen molar-refractivity contribution in [3.05, 3.63) is 22.4 Å². The average Bonchev–Trinajstić information content (AvgIpc) is 3.35. The highest BCUT2D eigenvalue weighted by Crippen LogP contribution is 2.22. The molecule has 2 atom stereocenters. The molecule has 10 heteroatoms. The molecule has 4 heterocycles. The van der Waals surface area contributed by atoms with Crippen LogP contribution in [0.15, 0.2) is 17.5 Å². The van der Waals surface area contributed by atoms with E-state index in [1.807, 2.05) is 11.4 Å². The van der Waals surface area contributed by atoms with Crippen molar-refractivity contribution in [2.24, 2.45) is 5.92 Å². The van der Waals surface area contributed by atoms with Gasteiger partial charge in [-0.2, -0.15) is 0 Å². The minimum atomic E-state index is -0.797. The Labute approximate surface area is 185 Å². The zero-order valence-electron chi connectivity index (χ0n) is 17.5. The Hall–Kier alpha value is -2.46. The number of hydrogen-bond acceptors (Lipinski definition) is 6. The summed E-state index contributed by atoms with van der Waals surface area (Å²) in [6, 6.07) is 2.19. The van der Waals surface area contributed by atoms with Gasteiger partial charge in [-0.15, -0.1) is 11.3 Å². The average molecular weight is 448 g/mol. The second-order valence-corrected chi connectivity index (χ2v) is 9.24. The molecule has 168 valence electrons. The number of piperidine rings is 2. The first-order chi connectivity index (χ1) is 15.0. The van der Waals surface area contributed by atoms with E-state index >= 15 is 0 Å². The molecule has 3 aliphatic rings. The SMILES string of the molecule is O=C(N[C@@H]1CCCNC1=O)[C@H]1CN(C(=O)c2cccs2)CCN1C(=O)C1CCNCC1. The first-order valence-corrected chi connectivity index (χ1v) is 11.8. The number of rotatable bonds is 4. The van der Waals surface area contributed by atoms with Gasteiger partial charge in [-0.3, -0.25) is 19.2 Å². The lowest BCUT2D eigenvalue weighted by atomic mass is 9.95. The van der Waals surface area contributed by atoms with E-state index in [9.17, 15) is 19.2 Å². The number of nitrogens with zero attached hydrogens (tertiary/aromatic N) is 2. The summed E-state index contributed by atoms with van der Waals surface area (Å²) in [4.78, 5) is 55.4. The van der Waals surface area contributed by atoms with Crippen LogP contribution in [0, 0.1) is 5.92 Å². The van der Waals surface area contributed by atoms with Crippen LogP contribution in [-0.2, 0) is 14.4 Å². The quantitative estimate of drug-likeness (QED) is 0.592. The van der Waals surface area contributed by atoms with Crippen LogP contribution in [0.25, 0.3) is 0 Å². The van der Waals surface area contributed by atoms with Gasteiger partial charge in [-0.25, -0.2) is 0 Å². The molecule has 3 fully saturated rings. The summed E-state index contributed by atoms with van der Waals surface area (Å²) in [5, 5.41) is 10.7. The van der Waals surface area contributed by atoms with Crippen molar-refractivity contribution in [1.82, 2.24) is 25.8 Å². The van der Waals surface area contributed by atoms with Gasteiger partial charge in [0.1, 0.15) is 12.1 Å². The maximum absolute atomic E-state index is 13.3. The van der Waals surface area contributed by atoms with E-state index in [0.717, 1.165) is 32.4 Å². The van der Waals surface area contributed by atoms with E-state index in [-0.39, 0.29) is 36.1 Å². The second kappa shape index (κ2) is 9.78. The van der Waals surface area contributed by atoms with E-state index in [1.165, 1.54) is 11.3 Å². The van der Waals surface area contributed by atoms with E-state index in [0.29, 0.717) is 30.9 Å². The van der Waals surface area contributed by atoms with Gasteiger partial charge in [0.05, 0.1) is 11.4 Å². The molecular weight excluding hydrogens is 418 g/mol. The van der Waals surface area contributed by atoms with Crippen LogP contribution in [0.3, 0.4) is 0 Å². The van der Waals surface area contributed by atoms with Crippen LogP contribution in [0.5, 0.6) is 0 Å². The molecule has 0 spiro atoms. The number of carbonyl (C=O) groups is 4. The molecule has 0 bridgehead atoms. The number of hydrogen-bond donors (Lipinski definition) is 3. The Morgan fingerprint density at radius 3 is 2.61 bits per heavy atom. The zero-order valence-corrected chi connectivity index (χ0v) is 18.3. The summed E-state index contributed by atoms with van der Waals surface area (Å²) in [5.41, 5.74) is 0. The van der Waals surface area contributed by atoms with Gasteiger partial charge in [0.2, 0.25) is 17.7 Å². The maximum Gasteiger partial charge on any atom is 0.264 e. The summed E-state index contributed by atoms with van der Waals surface area (Å²) in [6.45, 7) is 3.01. The predicted molar refractivity (Wildman–Crippen MR) is 115 cm³/mol. The van der Waals surface area contributed by atoms with E-state index in [2.05, 4.69) is 16.0 Å². The molecule has 3 saturated heterocycles. The van der Waals surface area contributed by atoms with Crippen LogP contribution >= 0.6 is 11.3 Å². The monoisotopic (exact) mass is 447 g/mol. The Morgan fingerprint density at radius 2 is 1.90 bits per heavy atom. The van der Waals surface area contributed by atoms with Crippen molar-refractivity contribution in [2.75, 3.05) is 39.3 Å². The molecule has 31 heavy (non-hydrogen) atoms. The highest BCUT2D eigenvalue weighted by Gasteiger charge is 2.40. The van der Waals surface area contributed by atoms with Gasteiger partial charge in [-0.05, 0) is 50.2 Å². The topological polar surface area (TPSA) is 111 Å². The lowest BCUT2D eigenvalue weighted by Gasteiger charge is -2.42. The van der Waals surface area contributed by atoms with Crippen molar-refractivity contribution >= 4 is 35.0 Å². The van der Waals surface area contributed by atoms with Crippen LogP contribution < -0.4 is 16.0 Å². The summed E-state index contributed by atoms with van der Waals surface area (Å²) < 4.78 is 0. The fourth-order valence-corrected chi connectivity index (χ4v) is 5.18. The molecular formula is C21H29N5O4S. The minimum Gasteiger partial charge on any atom is -0.354 e. The lowest BCUT2D eigenvalue weighted by Crippen LogP contribution is -2.64. The van der Waals surface area contributed by atoms with Crippen molar-refractivity contribution in [2.45, 2.75) is 37.8 Å². The van der Waals surface area contributed by atoms with Gasteiger partial charge >= 0.3 is 0 Å². The second-order valence-electron chi connectivity index (χ2n) is 8.29. The molecule has 0 radical (unpaired) electrons. The summed E-state index contributed by atoms with van der Waals surface area (Å²) in [5.74, 6) is -0.838. The molecule has 0 aliphatic carbocycles. The molecule has 0 saturated carbocycles. The predicted octanol–water partition coefficient (Wildman–Crippen LogP) is -0.204. The Balaban J connectivity index is 1.50. The highest BCUT2D eigenvalue weighted by molar-refractivity contribution is 7.12. The number of carbonyl (C=O) groups excluding carboxylic acids is 4. The summed E-state index contributed by atoms with van der Waals surface area (Å²) >= 11 is 1.36. The first-order valence-electron chi connectivity index (χ1n) is 11.0. The number of nitrogens with one attached hydrogen (secondary N) is 3. The molecule has 0 unspecified atom stereocenters. The third-order valence-corrected chi connectivity index (χ3v) is 7.13. The number of thiophene rings is 1. The van der Waals surface area contributed by atoms with Gasteiger partial charge in [0.15, 0.2) is 0 Å². The highest BCUT2D eigenvalue weighted by atomic mass is 32.1. The molecule has 4 amide bonds. The van der Waals surface area contributed by atoms with E-state index in [4.69, 9.17) is 0 Å². The fraction of sp³-hybridized carbons (Fsp3) is 0.619. The van der Waals surface area contributed by atoms with Gasteiger partial charge in [0.25, 0.3) is 5.91 Å². The molecule has 1 aromatic heterocycles. The maximum atomic E-state index is 13.3. The zero-order chi connectivity index (χ0) is 21.8. The Kier molecular flexibility index (Phi) is 6.86. The number of piperazine rings is 1. The molecule has 3 aliphatic heterocycles. The standard InChI is InChI=1S/C21H29N5O4S/c27-18-15(3-1-7-23-18)24-19(28)16-13-25(21(30)17-4-2-12-31-17)10-11-26(16)20(29)14-5-8-22-9-6-14/h2,4,12,14-16,22H,1,3,5-11,13H2,(H,23,27)(H,24,28)/t15-,16-/m1/s1. The minimum absolute atomic E-state index is 0.0297. The third kappa shape index (κ3) is 4.90. The van der Waals surface area contributed by atoms with Crippen molar-refractivity contribution < 1.29 is 19.2 Å². The van der Waals surface area contributed by atoms with Gasteiger partial charge < -0.3 is 25.8 Å². The van der Waals surface area contributed by atoms with Crippen molar-refractivity contribution in [3.63, 3.8) is 0 Å². The Bertz CT molecular complexity index is 824. The van der Waals surface area contributed by atoms with Gasteiger partial charge in [0, 0.05) is 25.6 Å². The van der Waals surface area contributed by atoms with Gasteiger partial charge in [-0.1, -0.05) is 6.07 Å². The summed E-state index contributed by atoms with van der Waals surface area (Å²) in [7, 11) is 0. The molecule has 1 aromatic rings. The van der Waals surface area contributed by atoms with E-state index < -0.39 is 12.1 Å².